The zero-order chi connectivity index (χ0) is 13.3. The molecule has 3 atom stereocenters. The highest BCUT2D eigenvalue weighted by Crippen LogP contribution is 2.56. The van der Waals surface area contributed by atoms with Gasteiger partial charge >= 0.3 is 5.97 Å². The standard InChI is InChI=1S/C11H15N3O3S/c1-5-4-11(13-12-5)8(17)14-6(7(15)16)10(2,3)18-9(11)14/h6,9,13H,4H2,1-3H3,(H,15,16)/t6-,9+,11?/m0/s1. The Morgan fingerprint density at radius 2 is 2.28 bits per heavy atom. The van der Waals surface area contributed by atoms with Crippen LogP contribution in [-0.4, -0.2) is 49.3 Å². The fourth-order valence-electron chi connectivity index (χ4n) is 3.07. The molecule has 3 rings (SSSR count). The lowest BCUT2D eigenvalue weighted by molar-refractivity contribution is -0.166. The number of carboxylic acid groups (broad SMARTS) is 1. The molecular weight excluding hydrogens is 254 g/mol. The Hall–Kier alpha value is -1.24. The Bertz CT molecular complexity index is 490. The number of aliphatic carboxylic acids is 1. The molecule has 7 heteroatoms. The van der Waals surface area contributed by atoms with Gasteiger partial charge in [-0.25, -0.2) is 4.79 Å². The lowest BCUT2D eigenvalue weighted by Crippen LogP contribution is -2.77. The van der Waals surface area contributed by atoms with Crippen LogP contribution in [0.4, 0.5) is 0 Å². The van der Waals surface area contributed by atoms with Gasteiger partial charge in [-0.2, -0.15) is 5.10 Å². The van der Waals surface area contributed by atoms with Crippen molar-refractivity contribution in [3.63, 3.8) is 0 Å². The van der Waals surface area contributed by atoms with Crippen LogP contribution >= 0.6 is 11.8 Å². The maximum absolute atomic E-state index is 12.3. The Labute approximate surface area is 109 Å². The molecule has 0 aromatic heterocycles. The summed E-state index contributed by atoms with van der Waals surface area (Å²) in [5, 5.41) is 13.3. The van der Waals surface area contributed by atoms with Crippen molar-refractivity contribution in [2.24, 2.45) is 5.10 Å². The predicted octanol–water partition coefficient (Wildman–Crippen LogP) is 0.241. The van der Waals surface area contributed by atoms with Crippen LogP contribution in [0.3, 0.4) is 0 Å². The summed E-state index contributed by atoms with van der Waals surface area (Å²) in [6.45, 7) is 5.62. The second-order valence-electron chi connectivity index (χ2n) is 5.63. The number of thioether (sulfide) groups is 1. The molecule has 98 valence electrons. The predicted molar refractivity (Wildman–Crippen MR) is 67.3 cm³/mol. The number of hydrogen-bond donors (Lipinski definition) is 2. The number of β-lactam (4-membered cyclic amide) rings is 1. The molecular formula is C11H15N3O3S. The number of amides is 1. The number of hydrazone groups is 1. The first-order valence-electron chi connectivity index (χ1n) is 5.83. The molecule has 2 N–H and O–H groups in total. The van der Waals surface area contributed by atoms with E-state index in [1.54, 1.807) is 11.8 Å². The van der Waals surface area contributed by atoms with E-state index in [4.69, 9.17) is 0 Å². The van der Waals surface area contributed by atoms with Gasteiger partial charge in [0.25, 0.3) is 5.91 Å². The zero-order valence-electron chi connectivity index (χ0n) is 10.4. The van der Waals surface area contributed by atoms with Crippen LogP contribution < -0.4 is 5.43 Å². The number of carboxylic acids is 1. The molecule has 3 aliphatic heterocycles. The molecule has 3 heterocycles. The van der Waals surface area contributed by atoms with Gasteiger partial charge in [0.15, 0.2) is 5.54 Å². The maximum atomic E-state index is 12.3. The van der Waals surface area contributed by atoms with E-state index >= 15 is 0 Å². The summed E-state index contributed by atoms with van der Waals surface area (Å²) >= 11 is 1.54. The SMILES string of the molecule is CC1=NNC2(C1)C(=O)N1[C@@H](C(=O)O)C(C)(C)S[C@@H]12. The van der Waals surface area contributed by atoms with Crippen LogP contribution in [0, 0.1) is 0 Å². The molecule has 18 heavy (non-hydrogen) atoms. The number of fused-ring (bicyclic) bond motifs is 2. The second kappa shape index (κ2) is 3.20. The molecule has 0 radical (unpaired) electrons. The number of nitrogens with one attached hydrogen (secondary N) is 1. The van der Waals surface area contributed by atoms with E-state index in [1.807, 2.05) is 20.8 Å². The maximum Gasteiger partial charge on any atom is 0.327 e. The van der Waals surface area contributed by atoms with Crippen molar-refractivity contribution in [2.45, 2.75) is 48.9 Å². The topological polar surface area (TPSA) is 82.0 Å². The highest BCUT2D eigenvalue weighted by atomic mass is 32.2. The van der Waals surface area contributed by atoms with Gasteiger partial charge in [0.05, 0.1) is 0 Å². The van der Waals surface area contributed by atoms with Gasteiger partial charge in [-0.15, -0.1) is 11.8 Å². The summed E-state index contributed by atoms with van der Waals surface area (Å²) in [7, 11) is 0. The molecule has 0 aromatic rings. The molecule has 0 aliphatic carbocycles. The van der Waals surface area contributed by atoms with Gasteiger partial charge in [-0.3, -0.25) is 10.2 Å². The van der Waals surface area contributed by atoms with Crippen molar-refractivity contribution in [1.29, 1.82) is 0 Å². The lowest BCUT2D eigenvalue weighted by atomic mass is 9.82. The van der Waals surface area contributed by atoms with E-state index in [0.717, 1.165) is 5.71 Å². The van der Waals surface area contributed by atoms with Crippen LogP contribution in [0.15, 0.2) is 5.10 Å². The molecule has 2 fully saturated rings. The summed E-state index contributed by atoms with van der Waals surface area (Å²) in [4.78, 5) is 25.2. The molecule has 2 saturated heterocycles. The third-order valence-electron chi connectivity index (χ3n) is 3.86. The summed E-state index contributed by atoms with van der Waals surface area (Å²) < 4.78 is -0.478. The molecule has 3 aliphatic rings. The van der Waals surface area contributed by atoms with E-state index in [0.29, 0.717) is 6.42 Å². The molecule has 1 unspecified atom stereocenters. The largest absolute Gasteiger partial charge is 0.480 e. The molecule has 0 bridgehead atoms. The Kier molecular flexibility index (Phi) is 2.10. The third kappa shape index (κ3) is 1.18. The zero-order valence-corrected chi connectivity index (χ0v) is 11.2. The Morgan fingerprint density at radius 1 is 1.61 bits per heavy atom. The van der Waals surface area contributed by atoms with Crippen molar-refractivity contribution in [3.05, 3.63) is 0 Å². The molecule has 6 nitrogen and oxygen atoms in total. The van der Waals surface area contributed by atoms with Crippen molar-refractivity contribution in [3.8, 4) is 0 Å². The minimum atomic E-state index is -0.936. The van der Waals surface area contributed by atoms with Gasteiger partial charge in [-0.05, 0) is 20.8 Å². The van der Waals surface area contributed by atoms with Crippen molar-refractivity contribution < 1.29 is 14.7 Å². The minimum Gasteiger partial charge on any atom is -0.480 e. The number of hydrogen-bond acceptors (Lipinski definition) is 5. The number of rotatable bonds is 1. The summed E-state index contributed by atoms with van der Waals surface area (Å²) in [5.74, 6) is -1.08. The van der Waals surface area contributed by atoms with E-state index in [1.165, 1.54) is 4.90 Å². The summed E-state index contributed by atoms with van der Waals surface area (Å²) in [6, 6.07) is -0.756. The van der Waals surface area contributed by atoms with E-state index in [2.05, 4.69) is 10.5 Å². The monoisotopic (exact) mass is 269 g/mol. The van der Waals surface area contributed by atoms with Crippen molar-refractivity contribution in [1.82, 2.24) is 10.3 Å². The fraction of sp³-hybridized carbons (Fsp3) is 0.727. The van der Waals surface area contributed by atoms with Crippen molar-refractivity contribution >= 4 is 29.4 Å². The first-order chi connectivity index (χ1) is 8.29. The van der Waals surface area contributed by atoms with E-state index in [9.17, 15) is 14.7 Å². The summed E-state index contributed by atoms with van der Waals surface area (Å²) in [6.07, 6.45) is 0.572. The van der Waals surface area contributed by atoms with Gasteiger partial charge in [0, 0.05) is 16.9 Å². The van der Waals surface area contributed by atoms with Gasteiger partial charge in [0.2, 0.25) is 0 Å². The fourth-order valence-corrected chi connectivity index (χ4v) is 4.76. The average molecular weight is 269 g/mol. The van der Waals surface area contributed by atoms with Crippen LogP contribution in [0.25, 0.3) is 0 Å². The van der Waals surface area contributed by atoms with Crippen LogP contribution in [-0.2, 0) is 9.59 Å². The van der Waals surface area contributed by atoms with Gasteiger partial charge in [0.1, 0.15) is 11.4 Å². The lowest BCUT2D eigenvalue weighted by Gasteiger charge is -2.50. The Balaban J connectivity index is 1.94. The minimum absolute atomic E-state index is 0.137. The van der Waals surface area contributed by atoms with E-state index in [-0.39, 0.29) is 11.3 Å². The van der Waals surface area contributed by atoms with Crippen LogP contribution in [0.5, 0.6) is 0 Å². The third-order valence-corrected chi connectivity index (χ3v) is 5.54. The normalized spacial score (nSPS) is 40.3. The van der Waals surface area contributed by atoms with Crippen LogP contribution in [0.1, 0.15) is 27.2 Å². The van der Waals surface area contributed by atoms with Crippen LogP contribution in [0.2, 0.25) is 0 Å². The quantitative estimate of drug-likeness (QED) is 0.666. The first kappa shape index (κ1) is 11.8. The number of carbonyl (C=O) groups is 2. The first-order valence-corrected chi connectivity index (χ1v) is 6.71. The second-order valence-corrected chi connectivity index (χ2v) is 7.37. The number of nitrogens with zero attached hydrogens (tertiary/aromatic N) is 2. The van der Waals surface area contributed by atoms with E-state index < -0.39 is 22.3 Å². The molecule has 0 aromatic carbocycles. The summed E-state index contributed by atoms with van der Waals surface area (Å²) in [5.41, 5.74) is 3.11. The molecule has 1 amide bonds. The van der Waals surface area contributed by atoms with Crippen molar-refractivity contribution in [2.75, 3.05) is 0 Å². The highest BCUT2D eigenvalue weighted by molar-refractivity contribution is 8.01. The molecule has 0 saturated carbocycles. The van der Waals surface area contributed by atoms with Gasteiger partial charge < -0.3 is 10.0 Å². The average Bonchev–Trinajstić information content (AvgIpc) is 2.77. The van der Waals surface area contributed by atoms with Gasteiger partial charge in [-0.1, -0.05) is 0 Å². The highest BCUT2D eigenvalue weighted by Gasteiger charge is 2.72. The number of carbonyl (C=O) groups excluding carboxylic acids is 1. The Morgan fingerprint density at radius 3 is 2.78 bits per heavy atom. The smallest absolute Gasteiger partial charge is 0.327 e. The molecule has 1 spiro atoms.